The van der Waals surface area contributed by atoms with Crippen molar-refractivity contribution in [2.75, 3.05) is 20.2 Å². The first-order valence-electron chi connectivity index (χ1n) is 10.5. The Labute approximate surface area is 168 Å². The standard InChI is InChI=1S/C24H31N3O/c1-28-22-12-10-20(11-13-22)18-25-23-24(14-6-3-7-15-24)26-16-17-27(23)19-21-8-4-2-5-9-21/h2,4-5,8-13,26H,3,6-7,14-19H2,1H3/b25-23-. The van der Waals surface area contributed by atoms with Crippen LogP contribution in [-0.2, 0) is 13.1 Å². The van der Waals surface area contributed by atoms with Gasteiger partial charge in [-0.05, 0) is 36.1 Å². The zero-order valence-corrected chi connectivity index (χ0v) is 16.9. The van der Waals surface area contributed by atoms with E-state index < -0.39 is 0 Å². The summed E-state index contributed by atoms with van der Waals surface area (Å²) >= 11 is 0. The van der Waals surface area contributed by atoms with Crippen molar-refractivity contribution in [3.05, 3.63) is 65.7 Å². The molecule has 28 heavy (non-hydrogen) atoms. The summed E-state index contributed by atoms with van der Waals surface area (Å²) in [7, 11) is 1.71. The van der Waals surface area contributed by atoms with Gasteiger partial charge in [0.1, 0.15) is 11.6 Å². The summed E-state index contributed by atoms with van der Waals surface area (Å²) in [6, 6.07) is 19.1. The molecule has 2 fully saturated rings. The summed E-state index contributed by atoms with van der Waals surface area (Å²) in [6.45, 7) is 3.70. The average Bonchev–Trinajstić information content (AvgIpc) is 2.75. The highest BCUT2D eigenvalue weighted by molar-refractivity contribution is 5.92. The van der Waals surface area contributed by atoms with E-state index in [-0.39, 0.29) is 5.54 Å². The number of amidine groups is 1. The van der Waals surface area contributed by atoms with Crippen molar-refractivity contribution in [3.8, 4) is 5.75 Å². The fraction of sp³-hybridized carbons (Fsp3) is 0.458. The lowest BCUT2D eigenvalue weighted by molar-refractivity contribution is 0.227. The van der Waals surface area contributed by atoms with Gasteiger partial charge in [-0.25, -0.2) is 0 Å². The molecule has 2 aromatic rings. The molecule has 1 heterocycles. The smallest absolute Gasteiger partial charge is 0.120 e. The van der Waals surface area contributed by atoms with Crippen molar-refractivity contribution in [1.29, 1.82) is 0 Å². The van der Waals surface area contributed by atoms with E-state index in [4.69, 9.17) is 9.73 Å². The first-order chi connectivity index (χ1) is 13.8. The molecule has 148 valence electrons. The molecule has 0 aromatic heterocycles. The van der Waals surface area contributed by atoms with Gasteiger partial charge in [-0.3, -0.25) is 4.99 Å². The highest BCUT2D eigenvalue weighted by Gasteiger charge is 2.42. The molecule has 4 heteroatoms. The van der Waals surface area contributed by atoms with Crippen LogP contribution in [0.4, 0.5) is 0 Å². The van der Waals surface area contributed by atoms with Crippen molar-refractivity contribution in [2.24, 2.45) is 4.99 Å². The molecule has 1 saturated heterocycles. The minimum absolute atomic E-state index is 0.0533. The Bertz CT molecular complexity index is 774. The number of benzene rings is 2. The van der Waals surface area contributed by atoms with Gasteiger partial charge in [0, 0.05) is 19.6 Å². The van der Waals surface area contributed by atoms with Gasteiger partial charge in [-0.1, -0.05) is 61.7 Å². The third-order valence-electron chi connectivity index (χ3n) is 6.07. The molecule has 0 bridgehead atoms. The van der Waals surface area contributed by atoms with Gasteiger partial charge < -0.3 is 15.0 Å². The zero-order chi connectivity index (χ0) is 19.2. The minimum atomic E-state index is 0.0533. The maximum Gasteiger partial charge on any atom is 0.120 e. The monoisotopic (exact) mass is 377 g/mol. The molecule has 4 rings (SSSR count). The Balaban J connectivity index is 1.60. The van der Waals surface area contributed by atoms with Gasteiger partial charge >= 0.3 is 0 Å². The summed E-state index contributed by atoms with van der Waals surface area (Å²) < 4.78 is 5.28. The summed E-state index contributed by atoms with van der Waals surface area (Å²) in [4.78, 5) is 7.72. The van der Waals surface area contributed by atoms with Crippen LogP contribution < -0.4 is 10.1 Å². The van der Waals surface area contributed by atoms with Gasteiger partial charge in [-0.15, -0.1) is 0 Å². The molecule has 0 radical (unpaired) electrons. The Morgan fingerprint density at radius 3 is 2.43 bits per heavy atom. The lowest BCUT2D eigenvalue weighted by Crippen LogP contribution is -2.64. The SMILES string of the molecule is COc1ccc(C/N=C2\N(Cc3ccccc3)CCNC23CCCCC3)cc1. The predicted octanol–water partition coefficient (Wildman–Crippen LogP) is 4.40. The van der Waals surface area contributed by atoms with E-state index in [0.29, 0.717) is 6.54 Å². The fourth-order valence-electron chi connectivity index (χ4n) is 4.58. The van der Waals surface area contributed by atoms with Crippen LogP contribution in [-0.4, -0.2) is 36.5 Å². The van der Waals surface area contributed by atoms with E-state index in [9.17, 15) is 0 Å². The molecule has 4 nitrogen and oxygen atoms in total. The summed E-state index contributed by atoms with van der Waals surface area (Å²) in [6.07, 6.45) is 6.30. The molecule has 1 N–H and O–H groups in total. The number of hydrogen-bond acceptors (Lipinski definition) is 3. The van der Waals surface area contributed by atoms with Gasteiger partial charge in [0.15, 0.2) is 0 Å². The molecule has 0 amide bonds. The third-order valence-corrected chi connectivity index (χ3v) is 6.07. The van der Waals surface area contributed by atoms with Gasteiger partial charge in [-0.2, -0.15) is 0 Å². The van der Waals surface area contributed by atoms with Crippen LogP contribution in [0.5, 0.6) is 5.75 Å². The molecule has 0 atom stereocenters. The summed E-state index contributed by atoms with van der Waals surface area (Å²) in [5.74, 6) is 2.16. The van der Waals surface area contributed by atoms with Crippen molar-refractivity contribution in [2.45, 2.75) is 50.7 Å². The number of nitrogens with zero attached hydrogens (tertiary/aromatic N) is 2. The van der Waals surface area contributed by atoms with E-state index in [1.807, 2.05) is 12.1 Å². The molecule has 0 unspecified atom stereocenters. The number of rotatable bonds is 5. The zero-order valence-electron chi connectivity index (χ0n) is 16.9. The van der Waals surface area contributed by atoms with Crippen LogP contribution in [0.25, 0.3) is 0 Å². The number of aliphatic imine (C=N–C) groups is 1. The van der Waals surface area contributed by atoms with Crippen molar-refractivity contribution < 1.29 is 4.74 Å². The second-order valence-corrected chi connectivity index (χ2v) is 7.96. The highest BCUT2D eigenvalue weighted by atomic mass is 16.5. The molecule has 1 aliphatic carbocycles. The van der Waals surface area contributed by atoms with Crippen LogP contribution in [0, 0.1) is 0 Å². The molecule has 1 spiro atoms. The predicted molar refractivity (Wildman–Crippen MR) is 115 cm³/mol. The van der Waals surface area contributed by atoms with Crippen molar-refractivity contribution >= 4 is 5.84 Å². The second-order valence-electron chi connectivity index (χ2n) is 7.96. The maximum atomic E-state index is 5.28. The van der Waals surface area contributed by atoms with Crippen LogP contribution in [0.15, 0.2) is 59.6 Å². The van der Waals surface area contributed by atoms with E-state index >= 15 is 0 Å². The lowest BCUT2D eigenvalue weighted by atomic mass is 9.79. The van der Waals surface area contributed by atoms with Crippen LogP contribution >= 0.6 is 0 Å². The Kier molecular flexibility index (Phi) is 5.96. The number of piperazine rings is 1. The molecular weight excluding hydrogens is 346 g/mol. The Morgan fingerprint density at radius 1 is 0.964 bits per heavy atom. The molecule has 2 aliphatic rings. The first-order valence-corrected chi connectivity index (χ1v) is 10.5. The van der Waals surface area contributed by atoms with Gasteiger partial charge in [0.25, 0.3) is 0 Å². The average molecular weight is 378 g/mol. The van der Waals surface area contributed by atoms with Crippen LogP contribution in [0.2, 0.25) is 0 Å². The fourth-order valence-corrected chi connectivity index (χ4v) is 4.58. The molecule has 2 aromatic carbocycles. The Hall–Kier alpha value is -2.33. The Morgan fingerprint density at radius 2 is 1.71 bits per heavy atom. The summed E-state index contributed by atoms with van der Waals surface area (Å²) in [5, 5.41) is 3.86. The second kappa shape index (κ2) is 8.78. The van der Waals surface area contributed by atoms with Crippen LogP contribution in [0.1, 0.15) is 43.2 Å². The normalized spacial score (nSPS) is 20.5. The quantitative estimate of drug-likeness (QED) is 0.839. The van der Waals surface area contributed by atoms with Gasteiger partial charge in [0.05, 0.1) is 19.2 Å². The van der Waals surface area contributed by atoms with E-state index in [2.05, 4.69) is 52.7 Å². The van der Waals surface area contributed by atoms with Crippen LogP contribution in [0.3, 0.4) is 0 Å². The number of ether oxygens (including phenoxy) is 1. The topological polar surface area (TPSA) is 36.9 Å². The number of methoxy groups -OCH3 is 1. The third kappa shape index (κ3) is 4.22. The lowest BCUT2D eigenvalue weighted by Gasteiger charge is -2.48. The van der Waals surface area contributed by atoms with E-state index in [0.717, 1.165) is 25.4 Å². The van der Waals surface area contributed by atoms with Crippen molar-refractivity contribution in [1.82, 2.24) is 10.2 Å². The number of nitrogens with one attached hydrogen (secondary N) is 1. The molecule has 1 saturated carbocycles. The molecular formula is C24H31N3O. The van der Waals surface area contributed by atoms with Crippen molar-refractivity contribution in [3.63, 3.8) is 0 Å². The van der Waals surface area contributed by atoms with E-state index in [1.165, 1.54) is 49.1 Å². The van der Waals surface area contributed by atoms with Gasteiger partial charge in [0.2, 0.25) is 0 Å². The van der Waals surface area contributed by atoms with E-state index in [1.54, 1.807) is 7.11 Å². The minimum Gasteiger partial charge on any atom is -0.497 e. The maximum absolute atomic E-state index is 5.28. The number of hydrogen-bond donors (Lipinski definition) is 1. The highest BCUT2D eigenvalue weighted by Crippen LogP contribution is 2.33. The molecule has 1 aliphatic heterocycles. The summed E-state index contributed by atoms with van der Waals surface area (Å²) in [5.41, 5.74) is 2.63. The first kappa shape index (κ1) is 19.0. The largest absolute Gasteiger partial charge is 0.497 e.